The number of benzene rings is 2. The Hall–Kier alpha value is -2.44. The van der Waals surface area contributed by atoms with Gasteiger partial charge in [0.25, 0.3) is 5.91 Å². The van der Waals surface area contributed by atoms with E-state index in [2.05, 4.69) is 12.1 Å². The van der Waals surface area contributed by atoms with E-state index < -0.39 is 5.60 Å². The van der Waals surface area contributed by atoms with Crippen molar-refractivity contribution in [3.05, 3.63) is 65.5 Å². The van der Waals surface area contributed by atoms with E-state index in [4.69, 9.17) is 4.74 Å². The van der Waals surface area contributed by atoms with E-state index in [1.54, 1.807) is 17.0 Å². The maximum absolute atomic E-state index is 14.2. The number of halogens is 1. The second kappa shape index (κ2) is 9.37. The summed E-state index contributed by atoms with van der Waals surface area (Å²) < 4.78 is 19.3. The number of piperidine rings is 1. The van der Waals surface area contributed by atoms with Crippen LogP contribution in [0.25, 0.3) is 0 Å². The number of amides is 1. The van der Waals surface area contributed by atoms with Crippen molar-refractivity contribution in [2.75, 3.05) is 33.8 Å². The van der Waals surface area contributed by atoms with E-state index in [1.807, 2.05) is 30.1 Å². The van der Waals surface area contributed by atoms with Crippen molar-refractivity contribution in [3.8, 4) is 5.75 Å². The van der Waals surface area contributed by atoms with Crippen molar-refractivity contribution in [3.63, 3.8) is 0 Å². The zero-order chi connectivity index (χ0) is 20.9. The summed E-state index contributed by atoms with van der Waals surface area (Å²) in [6.45, 7) is 1.63. The van der Waals surface area contributed by atoms with E-state index >= 15 is 0 Å². The molecule has 29 heavy (non-hydrogen) atoms. The molecule has 1 atom stereocenters. The Balaban J connectivity index is 1.63. The molecule has 0 spiro atoms. The summed E-state index contributed by atoms with van der Waals surface area (Å²) in [6.07, 6.45) is 1.94. The van der Waals surface area contributed by atoms with Crippen LogP contribution in [0.1, 0.15) is 24.0 Å². The topological polar surface area (TPSA) is 53.0 Å². The number of hydrogen-bond donors (Lipinski definition) is 1. The van der Waals surface area contributed by atoms with Crippen LogP contribution < -0.4 is 4.74 Å². The number of ether oxygens (including phenoxy) is 1. The van der Waals surface area contributed by atoms with Gasteiger partial charge in [0, 0.05) is 31.7 Å². The highest BCUT2D eigenvalue weighted by Crippen LogP contribution is 2.27. The standard InChI is InChI=1S/C23H29FN2O3/c1-25(14-11-18-7-4-3-5-8-18)17-23(28)12-6-13-26(22(23)27)16-19-15-20(29-2)9-10-21(19)24/h3-5,7-10,15,28H,6,11-14,16-17H2,1-2H3/t23-/m1/s1. The number of likely N-dealkylation sites (N-methyl/N-ethyl adjacent to an activating group) is 1. The minimum Gasteiger partial charge on any atom is -0.497 e. The van der Waals surface area contributed by atoms with Crippen LogP contribution in [0.15, 0.2) is 48.5 Å². The Kier molecular flexibility index (Phi) is 6.87. The summed E-state index contributed by atoms with van der Waals surface area (Å²) >= 11 is 0. The molecule has 0 radical (unpaired) electrons. The first-order valence-electron chi connectivity index (χ1n) is 9.98. The largest absolute Gasteiger partial charge is 0.497 e. The van der Waals surface area contributed by atoms with Crippen LogP contribution in [0.4, 0.5) is 4.39 Å². The van der Waals surface area contributed by atoms with Crippen LogP contribution in [0.3, 0.4) is 0 Å². The van der Waals surface area contributed by atoms with E-state index in [1.165, 1.54) is 18.7 Å². The maximum atomic E-state index is 14.2. The van der Waals surface area contributed by atoms with Gasteiger partial charge in [0.05, 0.1) is 7.11 Å². The summed E-state index contributed by atoms with van der Waals surface area (Å²) in [5, 5.41) is 11.1. The second-order valence-corrected chi connectivity index (χ2v) is 7.79. The van der Waals surface area contributed by atoms with Crippen LogP contribution in [-0.4, -0.2) is 60.2 Å². The van der Waals surface area contributed by atoms with Gasteiger partial charge in [0.2, 0.25) is 0 Å². The van der Waals surface area contributed by atoms with Gasteiger partial charge in [-0.3, -0.25) is 4.79 Å². The monoisotopic (exact) mass is 400 g/mol. The lowest BCUT2D eigenvalue weighted by molar-refractivity contribution is -0.159. The first-order chi connectivity index (χ1) is 13.9. The van der Waals surface area contributed by atoms with Crippen molar-refractivity contribution in [2.24, 2.45) is 0 Å². The van der Waals surface area contributed by atoms with Crippen LogP contribution in [0.5, 0.6) is 5.75 Å². The van der Waals surface area contributed by atoms with Gasteiger partial charge < -0.3 is 19.6 Å². The normalized spacial score (nSPS) is 19.6. The minimum absolute atomic E-state index is 0.123. The highest BCUT2D eigenvalue weighted by Gasteiger charge is 2.42. The molecule has 0 aliphatic carbocycles. The van der Waals surface area contributed by atoms with Gasteiger partial charge in [-0.15, -0.1) is 0 Å². The Bertz CT molecular complexity index is 830. The molecule has 0 aromatic heterocycles. The van der Waals surface area contributed by atoms with Gasteiger partial charge in [-0.1, -0.05) is 30.3 Å². The Morgan fingerprint density at radius 1 is 1.24 bits per heavy atom. The lowest BCUT2D eigenvalue weighted by atomic mass is 9.90. The van der Waals surface area contributed by atoms with Crippen molar-refractivity contribution < 1.29 is 19.0 Å². The van der Waals surface area contributed by atoms with Gasteiger partial charge in [0.15, 0.2) is 5.60 Å². The number of carbonyl (C=O) groups is 1. The molecule has 5 nitrogen and oxygen atoms in total. The molecule has 3 rings (SSSR count). The fourth-order valence-electron chi connectivity index (χ4n) is 3.86. The molecule has 156 valence electrons. The van der Waals surface area contributed by atoms with Gasteiger partial charge in [0.1, 0.15) is 11.6 Å². The lowest BCUT2D eigenvalue weighted by Crippen LogP contribution is -2.58. The number of nitrogens with zero attached hydrogens (tertiary/aromatic N) is 2. The van der Waals surface area contributed by atoms with E-state index in [9.17, 15) is 14.3 Å². The number of hydrogen-bond acceptors (Lipinski definition) is 4. The fraction of sp³-hybridized carbons (Fsp3) is 0.435. The third-order valence-electron chi connectivity index (χ3n) is 5.47. The molecule has 1 fully saturated rings. The quantitative estimate of drug-likeness (QED) is 0.740. The van der Waals surface area contributed by atoms with E-state index in [-0.39, 0.29) is 24.8 Å². The van der Waals surface area contributed by atoms with Gasteiger partial charge in [-0.25, -0.2) is 4.39 Å². The van der Waals surface area contributed by atoms with E-state index in [0.717, 1.165) is 13.0 Å². The number of aliphatic hydroxyl groups is 1. The molecule has 1 saturated heterocycles. The molecule has 2 aromatic rings. The van der Waals surface area contributed by atoms with Crippen LogP contribution in [0, 0.1) is 5.82 Å². The van der Waals surface area contributed by atoms with Crippen molar-refractivity contribution >= 4 is 5.91 Å². The number of methoxy groups -OCH3 is 1. The SMILES string of the molecule is COc1ccc(F)c(CN2CCC[C@@](O)(CN(C)CCc3ccccc3)C2=O)c1. The van der Waals surface area contributed by atoms with E-state index in [0.29, 0.717) is 30.7 Å². The molecule has 1 heterocycles. The van der Waals surface area contributed by atoms with Crippen LogP contribution in [-0.2, 0) is 17.8 Å². The predicted molar refractivity (Wildman–Crippen MR) is 110 cm³/mol. The van der Waals surface area contributed by atoms with Crippen LogP contribution >= 0.6 is 0 Å². The molecule has 2 aromatic carbocycles. The minimum atomic E-state index is -1.45. The summed E-state index contributed by atoms with van der Waals surface area (Å²) in [5.41, 5.74) is 0.162. The Morgan fingerprint density at radius 3 is 2.72 bits per heavy atom. The molecule has 6 heteroatoms. The van der Waals surface area contributed by atoms with Crippen LogP contribution in [0.2, 0.25) is 0 Å². The van der Waals surface area contributed by atoms with Gasteiger partial charge in [-0.2, -0.15) is 0 Å². The summed E-state index contributed by atoms with van der Waals surface area (Å²) in [7, 11) is 3.43. The molecule has 0 saturated carbocycles. The fourth-order valence-corrected chi connectivity index (χ4v) is 3.86. The summed E-state index contributed by atoms with van der Waals surface area (Å²) in [6, 6.07) is 14.6. The molecule has 1 N–H and O–H groups in total. The first-order valence-corrected chi connectivity index (χ1v) is 9.98. The summed E-state index contributed by atoms with van der Waals surface area (Å²) in [4.78, 5) is 16.6. The van der Waals surface area contributed by atoms with Crippen molar-refractivity contribution in [1.82, 2.24) is 9.80 Å². The zero-order valence-electron chi connectivity index (χ0n) is 17.1. The molecule has 1 amide bonds. The molecule has 1 aliphatic heterocycles. The predicted octanol–water partition coefficient (Wildman–Crippen LogP) is 2.86. The molecular weight excluding hydrogens is 371 g/mol. The summed E-state index contributed by atoms with van der Waals surface area (Å²) in [5.74, 6) is -0.174. The number of rotatable bonds is 8. The highest BCUT2D eigenvalue weighted by molar-refractivity contribution is 5.86. The lowest BCUT2D eigenvalue weighted by Gasteiger charge is -2.40. The third kappa shape index (κ3) is 5.34. The zero-order valence-corrected chi connectivity index (χ0v) is 17.1. The highest BCUT2D eigenvalue weighted by atomic mass is 19.1. The number of likely N-dealkylation sites (tertiary alicyclic amines) is 1. The smallest absolute Gasteiger partial charge is 0.256 e. The molecule has 1 aliphatic rings. The van der Waals surface area contributed by atoms with Gasteiger partial charge in [-0.05, 0) is 50.1 Å². The van der Waals surface area contributed by atoms with Crippen molar-refractivity contribution in [1.29, 1.82) is 0 Å². The second-order valence-electron chi connectivity index (χ2n) is 7.79. The third-order valence-corrected chi connectivity index (χ3v) is 5.47. The van der Waals surface area contributed by atoms with Gasteiger partial charge >= 0.3 is 0 Å². The molecule has 0 unspecified atom stereocenters. The van der Waals surface area contributed by atoms with Crippen molar-refractivity contribution in [2.45, 2.75) is 31.4 Å². The molecule has 0 bridgehead atoms. The Morgan fingerprint density at radius 2 is 2.00 bits per heavy atom. The average Bonchev–Trinajstić information content (AvgIpc) is 2.72. The number of carbonyl (C=O) groups excluding carboxylic acids is 1. The average molecular weight is 400 g/mol. The molecular formula is C23H29FN2O3. The maximum Gasteiger partial charge on any atom is 0.256 e. The first kappa shape index (κ1) is 21.3. The Labute approximate surface area is 171 Å².